The van der Waals surface area contributed by atoms with E-state index in [0.717, 1.165) is 12.8 Å². The second-order valence-electron chi connectivity index (χ2n) is 3.61. The molecular weight excluding hydrogens is 329 g/mol. The largest absolute Gasteiger partial charge is 0.151 e. The number of rotatable bonds is 0. The van der Waals surface area contributed by atoms with Crippen LogP contribution in [0.15, 0.2) is 0 Å². The number of thioether (sulfide) groups is 4. The lowest BCUT2D eigenvalue weighted by molar-refractivity contribution is 0.812. The summed E-state index contributed by atoms with van der Waals surface area (Å²) in [6.07, 6.45) is 1.98. The molecule has 4 aliphatic rings. The van der Waals surface area contributed by atoms with Gasteiger partial charge in [0.15, 0.2) is 0 Å². The zero-order valence-corrected chi connectivity index (χ0v) is 13.7. The average Bonchev–Trinajstić information content (AvgIpc) is 1.67. The lowest BCUT2D eigenvalue weighted by Crippen LogP contribution is -2.53. The molecule has 4 heterocycles. The Labute approximate surface area is 123 Å². The minimum absolute atomic E-state index is 0.0556. The molecule has 4 aliphatic heterocycles. The highest BCUT2D eigenvalue weighted by molar-refractivity contribution is 8.52. The first-order chi connectivity index (χ1) is 6.24. The van der Waals surface area contributed by atoms with Crippen LogP contribution in [0.3, 0.4) is 0 Å². The van der Waals surface area contributed by atoms with Crippen molar-refractivity contribution in [3.8, 4) is 0 Å². The monoisotopic (exact) mass is 336 g/mol. The molecule has 0 aliphatic carbocycles. The zero-order chi connectivity index (χ0) is 10.2. The van der Waals surface area contributed by atoms with Gasteiger partial charge < -0.3 is 0 Å². The summed E-state index contributed by atoms with van der Waals surface area (Å²) in [5.74, 6) is 0. The van der Waals surface area contributed by atoms with E-state index in [1.807, 2.05) is 47.0 Å². The minimum atomic E-state index is -0.0556. The third-order valence-electron chi connectivity index (χ3n) is 2.17. The van der Waals surface area contributed by atoms with E-state index in [2.05, 4.69) is 0 Å². The molecule has 8 heteroatoms. The van der Waals surface area contributed by atoms with Gasteiger partial charge in [-0.3, -0.25) is 0 Å². The Hall–Kier alpha value is 2.80. The van der Waals surface area contributed by atoms with Gasteiger partial charge in [-0.2, -0.15) is 50.5 Å². The van der Waals surface area contributed by atoms with Crippen LogP contribution in [0.1, 0.15) is 12.8 Å². The number of hydrogen-bond acceptors (Lipinski definition) is 8. The summed E-state index contributed by atoms with van der Waals surface area (Å²) >= 11 is 26.5. The van der Waals surface area contributed by atoms with Gasteiger partial charge in [-0.1, -0.05) is 0 Å². The van der Waals surface area contributed by atoms with Crippen LogP contribution in [0.25, 0.3) is 0 Å². The second-order valence-corrected chi connectivity index (χ2v) is 16.5. The van der Waals surface area contributed by atoms with E-state index in [-0.39, 0.29) is 13.6 Å². The Bertz CT molecular complexity index is 207. The summed E-state index contributed by atoms with van der Waals surface area (Å²) in [6, 6.07) is 0. The molecule has 0 aromatic heterocycles. The van der Waals surface area contributed by atoms with Crippen molar-refractivity contribution in [2.45, 2.75) is 26.5 Å². The third-order valence-corrected chi connectivity index (χ3v) is 10.7. The van der Waals surface area contributed by atoms with Crippen molar-refractivity contribution in [2.75, 3.05) is 0 Å². The van der Waals surface area contributed by atoms with Crippen molar-refractivity contribution in [1.29, 1.82) is 0 Å². The van der Waals surface area contributed by atoms with E-state index in [0.29, 0.717) is 0 Å². The molecule has 0 saturated carbocycles. The highest BCUT2D eigenvalue weighted by Crippen LogP contribution is 2.84. The molecule has 4 rings (SSSR count). The van der Waals surface area contributed by atoms with E-state index in [4.69, 9.17) is 50.5 Å². The van der Waals surface area contributed by atoms with Crippen molar-refractivity contribution in [3.63, 3.8) is 0 Å². The van der Waals surface area contributed by atoms with Crippen LogP contribution >= 0.6 is 97.6 Å². The van der Waals surface area contributed by atoms with Crippen LogP contribution in [0.5, 0.6) is 0 Å². The fourth-order valence-corrected chi connectivity index (χ4v) is 19.8. The van der Waals surface area contributed by atoms with Gasteiger partial charge in [0.25, 0.3) is 0 Å². The molecule has 0 radical (unpaired) electrons. The van der Waals surface area contributed by atoms with Crippen molar-refractivity contribution in [2.24, 2.45) is 0 Å². The average molecular weight is 337 g/mol. The zero-order valence-electron chi connectivity index (χ0n) is 6.84. The van der Waals surface area contributed by atoms with Crippen molar-refractivity contribution < 1.29 is 0 Å². The Morgan fingerprint density at radius 2 is 0.786 bits per heavy atom. The van der Waals surface area contributed by atoms with Crippen LogP contribution in [0.2, 0.25) is 0 Å². The number of hydrogen-bond donors (Lipinski definition) is 4. The van der Waals surface area contributed by atoms with E-state index in [1.165, 1.54) is 0 Å². The topological polar surface area (TPSA) is 0 Å². The molecule has 14 heavy (non-hydrogen) atoms. The molecule has 0 unspecified atom stereocenters. The quantitative estimate of drug-likeness (QED) is 0.492. The maximum atomic E-state index is 4.77. The standard InChI is InChI=1S/C6H8S8/c7-3-1-4(8)13-5(9,11-3)2-6(10,12-3)14-4/h7-10H,1-2H2. The predicted octanol–water partition coefficient (Wildman–Crippen LogP) is 4.07. The third kappa shape index (κ3) is 1.87. The van der Waals surface area contributed by atoms with Crippen LogP contribution < -0.4 is 0 Å². The fourth-order valence-electron chi connectivity index (χ4n) is 1.93. The maximum absolute atomic E-state index is 4.77. The molecule has 0 atom stereocenters. The molecule has 0 aromatic carbocycles. The van der Waals surface area contributed by atoms with Crippen LogP contribution in [0.4, 0.5) is 0 Å². The number of thiol groups is 4. The molecular formula is C6H8S8. The first-order valence-electron chi connectivity index (χ1n) is 3.94. The summed E-state index contributed by atoms with van der Waals surface area (Å²) in [5.41, 5.74) is 0. The van der Waals surface area contributed by atoms with E-state index in [9.17, 15) is 0 Å². The molecule has 0 amide bonds. The van der Waals surface area contributed by atoms with Crippen molar-refractivity contribution >= 4 is 97.6 Å². The van der Waals surface area contributed by atoms with Crippen LogP contribution in [-0.4, -0.2) is 13.6 Å². The maximum Gasteiger partial charge on any atom is 0.111 e. The van der Waals surface area contributed by atoms with Crippen LogP contribution in [0, 0.1) is 0 Å². The molecule has 4 fully saturated rings. The first-order valence-corrected chi connectivity index (χ1v) is 9.00. The van der Waals surface area contributed by atoms with Gasteiger partial charge in [0.05, 0.1) is 0 Å². The lowest BCUT2D eigenvalue weighted by Gasteiger charge is -2.63. The van der Waals surface area contributed by atoms with Gasteiger partial charge >= 0.3 is 0 Å². The van der Waals surface area contributed by atoms with E-state index < -0.39 is 0 Å². The SMILES string of the molecule is SC12CC3(S)SC(S)(CC(S)(S1)S3)S2. The summed E-state index contributed by atoms with van der Waals surface area (Å²) in [7, 11) is 0. The van der Waals surface area contributed by atoms with Gasteiger partial charge in [-0.25, -0.2) is 0 Å². The molecule has 0 nitrogen and oxygen atoms in total. The molecule has 4 saturated heterocycles. The van der Waals surface area contributed by atoms with Gasteiger partial charge in [-0.05, 0) is 0 Å². The highest BCUT2D eigenvalue weighted by Gasteiger charge is 2.67. The van der Waals surface area contributed by atoms with Gasteiger partial charge in [0, 0.05) is 12.8 Å². The summed E-state index contributed by atoms with van der Waals surface area (Å²) < 4.78 is -0.222. The Morgan fingerprint density at radius 3 is 1.00 bits per heavy atom. The van der Waals surface area contributed by atoms with E-state index in [1.54, 1.807) is 0 Å². The van der Waals surface area contributed by atoms with Crippen molar-refractivity contribution in [1.82, 2.24) is 0 Å². The lowest BCUT2D eigenvalue weighted by atomic mass is 10.5. The fraction of sp³-hybridized carbons (Fsp3) is 1.00. The van der Waals surface area contributed by atoms with Gasteiger partial charge in [0.1, 0.15) is 13.6 Å². The summed E-state index contributed by atoms with van der Waals surface area (Å²) in [4.78, 5) is 0. The Morgan fingerprint density at radius 1 is 0.571 bits per heavy atom. The molecule has 0 N–H and O–H groups in total. The second kappa shape index (κ2) is 3.22. The highest BCUT2D eigenvalue weighted by atomic mass is 32.3. The van der Waals surface area contributed by atoms with Crippen molar-refractivity contribution in [3.05, 3.63) is 0 Å². The normalized spacial score (nSPS) is 66.0. The first kappa shape index (κ1) is 11.9. The molecule has 0 spiro atoms. The molecule has 80 valence electrons. The molecule has 0 aromatic rings. The van der Waals surface area contributed by atoms with E-state index >= 15 is 0 Å². The predicted molar refractivity (Wildman–Crippen MR) is 86.5 cm³/mol. The van der Waals surface area contributed by atoms with Gasteiger partial charge in [-0.15, -0.1) is 47.0 Å². The summed E-state index contributed by atoms with van der Waals surface area (Å²) in [5, 5.41) is 0. The molecule has 4 bridgehead atoms. The smallest absolute Gasteiger partial charge is 0.111 e. The Kier molecular flexibility index (Phi) is 2.73. The Balaban J connectivity index is 2.08. The van der Waals surface area contributed by atoms with Crippen LogP contribution in [-0.2, 0) is 0 Å². The summed E-state index contributed by atoms with van der Waals surface area (Å²) in [6.45, 7) is 0. The minimum Gasteiger partial charge on any atom is -0.151 e. The van der Waals surface area contributed by atoms with Gasteiger partial charge in [0.2, 0.25) is 0 Å².